The molecule has 4 nitrogen and oxygen atoms in total. The van der Waals surface area contributed by atoms with Crippen LogP contribution in [0.5, 0.6) is 0 Å². The summed E-state index contributed by atoms with van der Waals surface area (Å²) in [5.74, 6) is 2.16. The summed E-state index contributed by atoms with van der Waals surface area (Å²) in [5.41, 5.74) is 7.93. The second-order valence-electron chi connectivity index (χ2n) is 5.20. The number of aryl methyl sites for hydroxylation is 1. The van der Waals surface area contributed by atoms with Crippen LogP contribution in [0, 0.1) is 5.92 Å². The molecule has 3 N–H and O–H groups in total. The summed E-state index contributed by atoms with van der Waals surface area (Å²) in [7, 11) is 1.95. The summed E-state index contributed by atoms with van der Waals surface area (Å²) in [5, 5.41) is 7.96. The van der Waals surface area contributed by atoms with Crippen molar-refractivity contribution in [2.45, 2.75) is 45.6 Å². The summed E-state index contributed by atoms with van der Waals surface area (Å²) < 4.78 is 1.86. The van der Waals surface area contributed by atoms with Crippen molar-refractivity contribution >= 4 is 11.5 Å². The van der Waals surface area contributed by atoms with E-state index in [9.17, 15) is 0 Å². The molecule has 0 bridgehead atoms. The van der Waals surface area contributed by atoms with E-state index in [1.54, 1.807) is 0 Å². The van der Waals surface area contributed by atoms with E-state index in [1.807, 2.05) is 11.7 Å². The molecule has 4 heteroatoms. The maximum absolute atomic E-state index is 6.13. The largest absolute Gasteiger partial charge is 0.394 e. The highest BCUT2D eigenvalue weighted by atomic mass is 15.3. The van der Waals surface area contributed by atoms with Gasteiger partial charge in [0.25, 0.3) is 0 Å². The molecule has 0 amide bonds. The van der Waals surface area contributed by atoms with Gasteiger partial charge in [0.15, 0.2) is 0 Å². The lowest BCUT2D eigenvalue weighted by atomic mass is 10.1. The van der Waals surface area contributed by atoms with Gasteiger partial charge in [0.2, 0.25) is 0 Å². The third-order valence-corrected chi connectivity index (χ3v) is 3.35. The lowest BCUT2D eigenvalue weighted by Gasteiger charge is -2.14. The van der Waals surface area contributed by atoms with Crippen LogP contribution in [0.15, 0.2) is 0 Å². The second kappa shape index (κ2) is 4.00. The average Bonchev–Trinajstić information content (AvgIpc) is 3.00. The Morgan fingerprint density at radius 3 is 2.44 bits per heavy atom. The Hall–Kier alpha value is -1.19. The zero-order valence-electron chi connectivity index (χ0n) is 10.6. The third kappa shape index (κ3) is 2.01. The minimum atomic E-state index is 0.373. The number of hydrogen-bond donors (Lipinski definition) is 2. The Morgan fingerprint density at radius 2 is 2.00 bits per heavy atom. The highest BCUT2D eigenvalue weighted by molar-refractivity contribution is 5.66. The summed E-state index contributed by atoms with van der Waals surface area (Å²) in [6, 6.07) is 0.498. The van der Waals surface area contributed by atoms with Crippen LogP contribution in [0.1, 0.15) is 45.2 Å². The molecule has 1 aromatic heterocycles. The Labute approximate surface area is 97.2 Å². The predicted molar refractivity (Wildman–Crippen MR) is 67.5 cm³/mol. The molecule has 1 aromatic rings. The normalized spacial score (nSPS) is 17.8. The maximum atomic E-state index is 6.13. The first-order valence-electron chi connectivity index (χ1n) is 6.09. The summed E-state index contributed by atoms with van der Waals surface area (Å²) >= 11 is 0. The number of anilines is 2. The van der Waals surface area contributed by atoms with Crippen molar-refractivity contribution in [3.05, 3.63) is 5.69 Å². The lowest BCUT2D eigenvalue weighted by molar-refractivity contribution is 0.665. The smallest absolute Gasteiger partial charge is 0.148 e. The zero-order valence-corrected chi connectivity index (χ0v) is 10.6. The van der Waals surface area contributed by atoms with E-state index in [2.05, 4.69) is 31.2 Å². The fourth-order valence-corrected chi connectivity index (χ4v) is 2.09. The van der Waals surface area contributed by atoms with E-state index in [4.69, 9.17) is 5.73 Å². The Bertz CT molecular complexity index is 377. The predicted octanol–water partition coefficient (Wildman–Crippen LogP) is 2.34. The number of rotatable bonds is 4. The van der Waals surface area contributed by atoms with Crippen molar-refractivity contribution in [3.63, 3.8) is 0 Å². The molecule has 1 atom stereocenters. The minimum Gasteiger partial charge on any atom is -0.394 e. The highest BCUT2D eigenvalue weighted by Crippen LogP contribution is 2.35. The molecule has 1 unspecified atom stereocenters. The molecule has 1 aliphatic carbocycles. The number of nitrogens with two attached hydrogens (primary N) is 1. The molecule has 0 saturated heterocycles. The molecule has 0 aliphatic heterocycles. The van der Waals surface area contributed by atoms with Crippen LogP contribution in [0.25, 0.3) is 0 Å². The molecule has 0 aromatic carbocycles. The molecule has 16 heavy (non-hydrogen) atoms. The number of nitrogen functional groups attached to an aromatic ring is 1. The second-order valence-corrected chi connectivity index (χ2v) is 5.20. The molecular weight excluding hydrogens is 200 g/mol. The van der Waals surface area contributed by atoms with E-state index in [-0.39, 0.29) is 0 Å². The molecule has 0 spiro atoms. The van der Waals surface area contributed by atoms with E-state index in [0.717, 1.165) is 23.1 Å². The van der Waals surface area contributed by atoms with E-state index >= 15 is 0 Å². The van der Waals surface area contributed by atoms with Gasteiger partial charge in [-0.2, -0.15) is 5.10 Å². The van der Waals surface area contributed by atoms with Gasteiger partial charge in [-0.3, -0.25) is 4.68 Å². The van der Waals surface area contributed by atoms with Gasteiger partial charge in [-0.15, -0.1) is 0 Å². The van der Waals surface area contributed by atoms with Crippen LogP contribution in [-0.4, -0.2) is 15.8 Å². The molecule has 1 fully saturated rings. The van der Waals surface area contributed by atoms with Crippen molar-refractivity contribution in [2.75, 3.05) is 11.1 Å². The summed E-state index contributed by atoms with van der Waals surface area (Å²) in [4.78, 5) is 0. The third-order valence-electron chi connectivity index (χ3n) is 3.35. The highest BCUT2D eigenvalue weighted by Gasteiger charge is 2.29. The number of hydrogen-bond acceptors (Lipinski definition) is 3. The summed E-state index contributed by atoms with van der Waals surface area (Å²) in [6.07, 6.45) is 2.67. The zero-order chi connectivity index (χ0) is 11.9. The first kappa shape index (κ1) is 11.3. The van der Waals surface area contributed by atoms with Crippen LogP contribution < -0.4 is 11.1 Å². The first-order valence-corrected chi connectivity index (χ1v) is 6.09. The molecule has 90 valence electrons. The van der Waals surface area contributed by atoms with Gasteiger partial charge in [-0.05, 0) is 31.6 Å². The van der Waals surface area contributed by atoms with Gasteiger partial charge < -0.3 is 11.1 Å². The van der Waals surface area contributed by atoms with E-state index in [1.165, 1.54) is 12.8 Å². The van der Waals surface area contributed by atoms with Crippen molar-refractivity contribution in [3.8, 4) is 0 Å². The van der Waals surface area contributed by atoms with Gasteiger partial charge in [0, 0.05) is 13.1 Å². The van der Waals surface area contributed by atoms with Crippen LogP contribution in [0.4, 0.5) is 11.5 Å². The molecule has 2 rings (SSSR count). The molecule has 1 saturated carbocycles. The van der Waals surface area contributed by atoms with E-state index < -0.39 is 0 Å². The fourth-order valence-electron chi connectivity index (χ4n) is 2.09. The molecule has 0 radical (unpaired) electrons. The van der Waals surface area contributed by atoms with E-state index in [0.29, 0.717) is 12.0 Å². The number of aromatic nitrogens is 2. The number of nitrogens with zero attached hydrogens (tertiary/aromatic N) is 2. The van der Waals surface area contributed by atoms with Crippen LogP contribution in [-0.2, 0) is 7.05 Å². The van der Waals surface area contributed by atoms with Crippen LogP contribution in [0.3, 0.4) is 0 Å². The van der Waals surface area contributed by atoms with Gasteiger partial charge in [-0.25, -0.2) is 0 Å². The van der Waals surface area contributed by atoms with Crippen molar-refractivity contribution in [1.29, 1.82) is 0 Å². The van der Waals surface area contributed by atoms with Gasteiger partial charge in [-0.1, -0.05) is 13.8 Å². The Morgan fingerprint density at radius 1 is 1.38 bits per heavy atom. The van der Waals surface area contributed by atoms with Crippen molar-refractivity contribution in [2.24, 2.45) is 13.0 Å². The first-order chi connectivity index (χ1) is 7.50. The Kier molecular flexibility index (Phi) is 2.82. The Balaban J connectivity index is 2.19. The fraction of sp³-hybridized carbons (Fsp3) is 0.750. The average molecular weight is 222 g/mol. The van der Waals surface area contributed by atoms with Crippen molar-refractivity contribution < 1.29 is 0 Å². The SMILES string of the molecule is CC(C)c1nn(C)c(NC(C)C2CC2)c1N. The van der Waals surface area contributed by atoms with Crippen LogP contribution >= 0.6 is 0 Å². The standard InChI is InChI=1S/C12H22N4/c1-7(2)11-10(13)12(16(4)15-11)14-8(3)9-5-6-9/h7-9,14H,5-6,13H2,1-4H3. The van der Waals surface area contributed by atoms with Gasteiger partial charge >= 0.3 is 0 Å². The molecule has 1 heterocycles. The lowest BCUT2D eigenvalue weighted by Crippen LogP contribution is -2.20. The van der Waals surface area contributed by atoms with Gasteiger partial charge in [0.05, 0.1) is 11.4 Å². The van der Waals surface area contributed by atoms with Crippen LogP contribution in [0.2, 0.25) is 0 Å². The topological polar surface area (TPSA) is 55.9 Å². The minimum absolute atomic E-state index is 0.373. The van der Waals surface area contributed by atoms with Crippen molar-refractivity contribution in [1.82, 2.24) is 9.78 Å². The van der Waals surface area contributed by atoms with Gasteiger partial charge in [0.1, 0.15) is 5.82 Å². The number of nitrogens with one attached hydrogen (secondary N) is 1. The monoisotopic (exact) mass is 222 g/mol. The molecular formula is C12H22N4. The summed E-state index contributed by atoms with van der Waals surface area (Å²) in [6.45, 7) is 6.46. The maximum Gasteiger partial charge on any atom is 0.148 e. The molecule has 1 aliphatic rings. The quantitative estimate of drug-likeness (QED) is 0.822.